The Morgan fingerprint density at radius 2 is 2.30 bits per heavy atom. The van der Waals surface area contributed by atoms with Crippen LogP contribution in [-0.4, -0.2) is 24.0 Å². The summed E-state index contributed by atoms with van der Waals surface area (Å²) in [6.07, 6.45) is 6.38. The Morgan fingerprint density at radius 1 is 1.55 bits per heavy atom. The van der Waals surface area contributed by atoms with E-state index in [0.29, 0.717) is 5.92 Å². The lowest BCUT2D eigenvalue weighted by molar-refractivity contribution is -0.118. The fourth-order valence-electron chi connectivity index (χ4n) is 3.04. The molecule has 2 heterocycles. The summed E-state index contributed by atoms with van der Waals surface area (Å²) in [6.45, 7) is 6.52. The summed E-state index contributed by atoms with van der Waals surface area (Å²) in [5.41, 5.74) is 0.221. The van der Waals surface area contributed by atoms with E-state index in [2.05, 4.69) is 29.5 Å². The molecular weight excluding hydrogens is 270 g/mol. The summed E-state index contributed by atoms with van der Waals surface area (Å²) in [7, 11) is 0. The van der Waals surface area contributed by atoms with Gasteiger partial charge in [-0.05, 0) is 50.1 Å². The number of piperidine rings is 1. The Labute approximate surface area is 124 Å². The number of rotatable bonds is 4. The first-order valence-corrected chi connectivity index (χ1v) is 8.41. The number of hydrogen-bond acceptors (Lipinski definition) is 4. The topological polar surface area (TPSA) is 54.0 Å². The zero-order valence-corrected chi connectivity index (χ0v) is 13.1. The SMILES string of the molecule is CCC1(C)CC1C(=O)Nc1ncc(C2CCNCC2)s1. The summed E-state index contributed by atoms with van der Waals surface area (Å²) in [5, 5.41) is 7.15. The average Bonchev–Trinajstić information content (AvgIpc) is 2.95. The summed E-state index contributed by atoms with van der Waals surface area (Å²) < 4.78 is 0. The molecule has 2 N–H and O–H groups in total. The monoisotopic (exact) mass is 293 g/mol. The van der Waals surface area contributed by atoms with Gasteiger partial charge in [0, 0.05) is 17.0 Å². The van der Waals surface area contributed by atoms with Crippen molar-refractivity contribution in [2.24, 2.45) is 11.3 Å². The third-order valence-electron chi connectivity index (χ3n) is 4.97. The zero-order valence-electron chi connectivity index (χ0n) is 12.2. The van der Waals surface area contributed by atoms with Crippen LogP contribution >= 0.6 is 11.3 Å². The minimum atomic E-state index is 0.153. The number of nitrogens with zero attached hydrogens (tertiary/aromatic N) is 1. The van der Waals surface area contributed by atoms with E-state index in [0.717, 1.165) is 31.1 Å². The summed E-state index contributed by atoms with van der Waals surface area (Å²) in [4.78, 5) is 17.9. The molecule has 110 valence electrons. The number of anilines is 1. The van der Waals surface area contributed by atoms with Crippen molar-refractivity contribution in [3.63, 3.8) is 0 Å². The van der Waals surface area contributed by atoms with E-state index in [-0.39, 0.29) is 17.2 Å². The van der Waals surface area contributed by atoms with Gasteiger partial charge in [-0.25, -0.2) is 4.98 Å². The van der Waals surface area contributed by atoms with E-state index in [4.69, 9.17) is 0 Å². The van der Waals surface area contributed by atoms with Gasteiger partial charge in [-0.3, -0.25) is 4.79 Å². The van der Waals surface area contributed by atoms with Crippen LogP contribution in [0.25, 0.3) is 0 Å². The second kappa shape index (κ2) is 5.45. The molecule has 20 heavy (non-hydrogen) atoms. The van der Waals surface area contributed by atoms with Gasteiger partial charge in [0.2, 0.25) is 5.91 Å². The van der Waals surface area contributed by atoms with Crippen LogP contribution in [0.2, 0.25) is 0 Å². The van der Waals surface area contributed by atoms with Crippen molar-refractivity contribution in [2.45, 2.75) is 45.4 Å². The third kappa shape index (κ3) is 2.74. The first-order chi connectivity index (χ1) is 9.62. The second-order valence-electron chi connectivity index (χ2n) is 6.35. The van der Waals surface area contributed by atoms with E-state index in [1.54, 1.807) is 11.3 Å². The number of aromatic nitrogens is 1. The number of hydrogen-bond donors (Lipinski definition) is 2. The smallest absolute Gasteiger partial charge is 0.229 e. The first kappa shape index (κ1) is 14.0. The molecule has 0 spiro atoms. The number of thiazole rings is 1. The first-order valence-electron chi connectivity index (χ1n) is 7.59. The van der Waals surface area contributed by atoms with Crippen LogP contribution < -0.4 is 10.6 Å². The van der Waals surface area contributed by atoms with Crippen molar-refractivity contribution in [3.05, 3.63) is 11.1 Å². The highest BCUT2D eigenvalue weighted by Crippen LogP contribution is 2.55. The quantitative estimate of drug-likeness (QED) is 0.897. The number of nitrogens with one attached hydrogen (secondary N) is 2. The molecule has 1 saturated heterocycles. The lowest BCUT2D eigenvalue weighted by atomic mass is 9.97. The Kier molecular flexibility index (Phi) is 3.82. The van der Waals surface area contributed by atoms with Gasteiger partial charge in [-0.2, -0.15) is 0 Å². The summed E-state index contributed by atoms with van der Waals surface area (Å²) in [6, 6.07) is 0. The molecule has 1 aromatic heterocycles. The molecule has 5 heteroatoms. The Bertz CT molecular complexity index is 495. The van der Waals surface area contributed by atoms with Gasteiger partial charge in [0.25, 0.3) is 0 Å². The molecule has 1 aliphatic heterocycles. The van der Waals surface area contributed by atoms with Crippen LogP contribution in [0, 0.1) is 11.3 Å². The van der Waals surface area contributed by atoms with Crippen LogP contribution in [0.1, 0.15) is 50.3 Å². The Morgan fingerprint density at radius 3 is 2.95 bits per heavy atom. The molecule has 2 unspecified atom stereocenters. The van der Waals surface area contributed by atoms with E-state index in [1.807, 2.05) is 6.20 Å². The minimum Gasteiger partial charge on any atom is -0.317 e. The van der Waals surface area contributed by atoms with Gasteiger partial charge in [0.05, 0.1) is 0 Å². The lowest BCUT2D eigenvalue weighted by Gasteiger charge is -2.20. The van der Waals surface area contributed by atoms with Crippen LogP contribution in [0.3, 0.4) is 0 Å². The fraction of sp³-hybridized carbons (Fsp3) is 0.733. The van der Waals surface area contributed by atoms with Crippen LogP contribution in [0.15, 0.2) is 6.20 Å². The van der Waals surface area contributed by atoms with Crippen molar-refractivity contribution >= 4 is 22.4 Å². The molecule has 2 aliphatic rings. The van der Waals surface area contributed by atoms with Gasteiger partial charge < -0.3 is 10.6 Å². The van der Waals surface area contributed by atoms with Crippen molar-refractivity contribution in [3.8, 4) is 0 Å². The van der Waals surface area contributed by atoms with Crippen molar-refractivity contribution in [2.75, 3.05) is 18.4 Å². The highest BCUT2D eigenvalue weighted by atomic mass is 32.1. The largest absolute Gasteiger partial charge is 0.317 e. The lowest BCUT2D eigenvalue weighted by Crippen LogP contribution is -2.26. The highest BCUT2D eigenvalue weighted by molar-refractivity contribution is 7.15. The predicted molar refractivity (Wildman–Crippen MR) is 82.1 cm³/mol. The Balaban J connectivity index is 1.59. The van der Waals surface area contributed by atoms with Crippen molar-refractivity contribution < 1.29 is 4.79 Å². The number of carbonyl (C=O) groups excluding carboxylic acids is 1. The molecular formula is C15H23N3OS. The van der Waals surface area contributed by atoms with E-state index < -0.39 is 0 Å². The minimum absolute atomic E-state index is 0.153. The summed E-state index contributed by atoms with van der Waals surface area (Å²) in [5.74, 6) is 0.945. The highest BCUT2D eigenvalue weighted by Gasteiger charge is 2.53. The van der Waals surface area contributed by atoms with E-state index in [9.17, 15) is 4.79 Å². The number of carbonyl (C=O) groups is 1. The molecule has 4 nitrogen and oxygen atoms in total. The van der Waals surface area contributed by atoms with Gasteiger partial charge in [0.1, 0.15) is 0 Å². The molecule has 1 aliphatic carbocycles. The van der Waals surface area contributed by atoms with Crippen molar-refractivity contribution in [1.82, 2.24) is 10.3 Å². The fourth-order valence-corrected chi connectivity index (χ4v) is 4.03. The van der Waals surface area contributed by atoms with E-state index in [1.165, 1.54) is 17.7 Å². The van der Waals surface area contributed by atoms with Gasteiger partial charge in [-0.15, -0.1) is 11.3 Å². The maximum Gasteiger partial charge on any atom is 0.229 e. The molecule has 1 amide bonds. The van der Waals surface area contributed by atoms with Gasteiger partial charge >= 0.3 is 0 Å². The average molecular weight is 293 g/mol. The normalized spacial score (nSPS) is 30.2. The summed E-state index contributed by atoms with van der Waals surface area (Å²) >= 11 is 1.65. The van der Waals surface area contributed by atoms with Crippen LogP contribution in [0.4, 0.5) is 5.13 Å². The van der Waals surface area contributed by atoms with E-state index >= 15 is 0 Å². The standard InChI is InChI=1S/C15H23N3OS/c1-3-15(2)8-11(15)13(19)18-14-17-9-12(20-14)10-4-6-16-7-5-10/h9-11,16H,3-8H2,1-2H3,(H,17,18,19). The second-order valence-corrected chi connectivity index (χ2v) is 7.41. The molecule has 0 radical (unpaired) electrons. The molecule has 2 atom stereocenters. The molecule has 1 aromatic rings. The Hall–Kier alpha value is -0.940. The van der Waals surface area contributed by atoms with Crippen molar-refractivity contribution in [1.29, 1.82) is 0 Å². The molecule has 1 saturated carbocycles. The molecule has 2 fully saturated rings. The maximum atomic E-state index is 12.2. The molecule has 3 rings (SSSR count). The maximum absolute atomic E-state index is 12.2. The van der Waals surface area contributed by atoms with Crippen LogP contribution in [-0.2, 0) is 4.79 Å². The van der Waals surface area contributed by atoms with Crippen LogP contribution in [0.5, 0.6) is 0 Å². The van der Waals surface area contributed by atoms with Gasteiger partial charge in [-0.1, -0.05) is 13.8 Å². The third-order valence-corrected chi connectivity index (χ3v) is 6.05. The molecule has 0 aromatic carbocycles. The predicted octanol–water partition coefficient (Wildman–Crippen LogP) is 2.98. The molecule has 0 bridgehead atoms. The van der Waals surface area contributed by atoms with Gasteiger partial charge in [0.15, 0.2) is 5.13 Å². The number of amides is 1. The zero-order chi connectivity index (χ0) is 14.2.